The summed E-state index contributed by atoms with van der Waals surface area (Å²) < 4.78 is 5.75. The number of hydrogen-bond donors (Lipinski definition) is 0. The topological polar surface area (TPSA) is 42.4 Å². The first kappa shape index (κ1) is 17.3. The maximum Gasteiger partial charge on any atom is 0.257 e. The molecule has 3 aromatic rings. The highest BCUT2D eigenvalue weighted by Crippen LogP contribution is 2.30. The van der Waals surface area contributed by atoms with Crippen LogP contribution in [0.15, 0.2) is 72.9 Å². The number of aromatic nitrogens is 1. The lowest BCUT2D eigenvalue weighted by molar-refractivity contribution is 0.0739. The minimum absolute atomic E-state index is 0.00432. The number of rotatable bonds is 6. The first-order valence-corrected chi connectivity index (χ1v) is 9.29. The number of carbonyl (C=O) groups excluding carboxylic acids is 1. The Morgan fingerprint density at radius 2 is 1.85 bits per heavy atom. The van der Waals surface area contributed by atoms with Crippen LogP contribution in [0.2, 0.25) is 0 Å². The SMILES string of the molecule is O=C(c1cccc2c1OCC2)N(CCc1ccccc1)Cc1ccccn1. The molecule has 2 aromatic carbocycles. The van der Waals surface area contributed by atoms with Crippen molar-refractivity contribution < 1.29 is 9.53 Å². The molecule has 1 aromatic heterocycles. The Labute approximate surface area is 159 Å². The lowest BCUT2D eigenvalue weighted by Gasteiger charge is -2.23. The van der Waals surface area contributed by atoms with Crippen LogP contribution >= 0.6 is 0 Å². The molecule has 2 heterocycles. The molecule has 1 aliphatic heterocycles. The molecule has 4 heteroatoms. The summed E-state index contributed by atoms with van der Waals surface area (Å²) in [6.07, 6.45) is 3.43. The van der Waals surface area contributed by atoms with Gasteiger partial charge >= 0.3 is 0 Å². The zero-order chi connectivity index (χ0) is 18.5. The van der Waals surface area contributed by atoms with E-state index in [2.05, 4.69) is 17.1 Å². The Balaban J connectivity index is 1.58. The predicted octanol–water partition coefficient (Wildman–Crippen LogP) is 3.90. The fourth-order valence-electron chi connectivity index (χ4n) is 3.40. The maximum absolute atomic E-state index is 13.3. The van der Waals surface area contributed by atoms with Crippen molar-refractivity contribution in [1.29, 1.82) is 0 Å². The van der Waals surface area contributed by atoms with E-state index >= 15 is 0 Å². The Kier molecular flexibility index (Phi) is 5.15. The van der Waals surface area contributed by atoms with E-state index in [1.54, 1.807) is 6.20 Å². The van der Waals surface area contributed by atoms with Gasteiger partial charge in [-0.25, -0.2) is 0 Å². The summed E-state index contributed by atoms with van der Waals surface area (Å²) in [6, 6.07) is 21.9. The Hall–Kier alpha value is -3.14. The molecule has 0 bridgehead atoms. The van der Waals surface area contributed by atoms with Crippen LogP contribution in [0, 0.1) is 0 Å². The molecule has 136 valence electrons. The highest BCUT2D eigenvalue weighted by Gasteiger charge is 2.24. The number of benzene rings is 2. The van der Waals surface area contributed by atoms with Gasteiger partial charge in [0.05, 0.1) is 24.4 Å². The van der Waals surface area contributed by atoms with Crippen molar-refractivity contribution in [3.05, 3.63) is 95.3 Å². The highest BCUT2D eigenvalue weighted by atomic mass is 16.5. The van der Waals surface area contributed by atoms with Crippen LogP contribution in [0.1, 0.15) is 27.2 Å². The predicted molar refractivity (Wildman–Crippen MR) is 105 cm³/mol. The average Bonchev–Trinajstić information content (AvgIpc) is 3.21. The van der Waals surface area contributed by atoms with E-state index in [0.717, 1.165) is 29.8 Å². The largest absolute Gasteiger partial charge is 0.492 e. The van der Waals surface area contributed by atoms with E-state index in [1.165, 1.54) is 5.56 Å². The van der Waals surface area contributed by atoms with Crippen molar-refractivity contribution in [3.8, 4) is 5.75 Å². The highest BCUT2D eigenvalue weighted by molar-refractivity contribution is 5.97. The Morgan fingerprint density at radius 1 is 1.00 bits per heavy atom. The lowest BCUT2D eigenvalue weighted by Crippen LogP contribution is -2.33. The Morgan fingerprint density at radius 3 is 2.67 bits per heavy atom. The number of pyridine rings is 1. The van der Waals surface area contributed by atoms with Crippen molar-refractivity contribution in [2.45, 2.75) is 19.4 Å². The van der Waals surface area contributed by atoms with E-state index in [9.17, 15) is 4.79 Å². The molecule has 0 saturated carbocycles. The van der Waals surface area contributed by atoms with Crippen LogP contribution in [0.3, 0.4) is 0 Å². The van der Waals surface area contributed by atoms with Crippen molar-refractivity contribution in [1.82, 2.24) is 9.88 Å². The zero-order valence-corrected chi connectivity index (χ0v) is 15.2. The number of nitrogens with zero attached hydrogens (tertiary/aromatic N) is 2. The van der Waals surface area contributed by atoms with E-state index in [-0.39, 0.29) is 5.91 Å². The van der Waals surface area contributed by atoms with Crippen LogP contribution in [0.4, 0.5) is 0 Å². The number of hydrogen-bond acceptors (Lipinski definition) is 3. The molecule has 27 heavy (non-hydrogen) atoms. The van der Waals surface area contributed by atoms with Crippen molar-refractivity contribution in [2.24, 2.45) is 0 Å². The second-order valence-electron chi connectivity index (χ2n) is 6.68. The number of ether oxygens (including phenoxy) is 1. The number of para-hydroxylation sites is 1. The molecule has 0 N–H and O–H groups in total. The smallest absolute Gasteiger partial charge is 0.257 e. The number of amides is 1. The molecule has 0 radical (unpaired) electrons. The van der Waals surface area contributed by atoms with Crippen molar-refractivity contribution in [3.63, 3.8) is 0 Å². The van der Waals surface area contributed by atoms with Gasteiger partial charge in [-0.1, -0.05) is 48.5 Å². The molecular formula is C23H22N2O2. The summed E-state index contributed by atoms with van der Waals surface area (Å²) in [4.78, 5) is 19.6. The summed E-state index contributed by atoms with van der Waals surface area (Å²) in [5.41, 5.74) is 3.86. The monoisotopic (exact) mass is 358 g/mol. The second-order valence-corrected chi connectivity index (χ2v) is 6.68. The van der Waals surface area contributed by atoms with E-state index < -0.39 is 0 Å². The third-order valence-electron chi connectivity index (χ3n) is 4.82. The molecule has 0 atom stereocenters. The van der Waals surface area contributed by atoms with Gasteiger partial charge in [0.25, 0.3) is 5.91 Å². The quantitative estimate of drug-likeness (QED) is 0.671. The van der Waals surface area contributed by atoms with Gasteiger partial charge < -0.3 is 9.64 Å². The first-order valence-electron chi connectivity index (χ1n) is 9.29. The molecule has 0 saturated heterocycles. The van der Waals surface area contributed by atoms with Gasteiger partial charge in [-0.15, -0.1) is 0 Å². The third-order valence-corrected chi connectivity index (χ3v) is 4.82. The second kappa shape index (κ2) is 8.04. The van der Waals surface area contributed by atoms with Gasteiger partial charge in [-0.2, -0.15) is 0 Å². The fraction of sp³-hybridized carbons (Fsp3) is 0.217. The molecule has 0 spiro atoms. The average molecular weight is 358 g/mol. The molecule has 0 unspecified atom stereocenters. The van der Waals surface area contributed by atoms with Crippen molar-refractivity contribution in [2.75, 3.05) is 13.2 Å². The fourth-order valence-corrected chi connectivity index (χ4v) is 3.40. The summed E-state index contributed by atoms with van der Waals surface area (Å²) in [5.74, 6) is 0.739. The molecule has 0 fully saturated rings. The molecule has 1 amide bonds. The summed E-state index contributed by atoms with van der Waals surface area (Å²) in [7, 11) is 0. The lowest BCUT2D eigenvalue weighted by atomic mass is 10.1. The summed E-state index contributed by atoms with van der Waals surface area (Å²) in [6.45, 7) is 1.75. The van der Waals surface area contributed by atoms with E-state index in [0.29, 0.717) is 25.3 Å². The van der Waals surface area contributed by atoms with Gasteiger partial charge in [0, 0.05) is 19.2 Å². The zero-order valence-electron chi connectivity index (χ0n) is 15.2. The van der Waals surface area contributed by atoms with Gasteiger partial charge in [0.1, 0.15) is 5.75 Å². The summed E-state index contributed by atoms with van der Waals surface area (Å²) in [5, 5.41) is 0. The van der Waals surface area contributed by atoms with E-state index in [1.807, 2.05) is 59.5 Å². The molecular weight excluding hydrogens is 336 g/mol. The summed E-state index contributed by atoms with van der Waals surface area (Å²) >= 11 is 0. The first-order chi connectivity index (χ1) is 13.3. The van der Waals surface area contributed by atoms with Gasteiger partial charge in [-0.3, -0.25) is 9.78 Å². The van der Waals surface area contributed by atoms with Gasteiger partial charge in [0.15, 0.2) is 0 Å². The minimum atomic E-state index is -0.00432. The van der Waals surface area contributed by atoms with Crippen LogP contribution in [-0.4, -0.2) is 28.9 Å². The van der Waals surface area contributed by atoms with Gasteiger partial charge in [0.2, 0.25) is 0 Å². The molecule has 0 aliphatic carbocycles. The van der Waals surface area contributed by atoms with Crippen LogP contribution in [0.5, 0.6) is 5.75 Å². The number of carbonyl (C=O) groups is 1. The molecule has 1 aliphatic rings. The number of fused-ring (bicyclic) bond motifs is 1. The van der Waals surface area contributed by atoms with Gasteiger partial charge in [-0.05, 0) is 35.7 Å². The third kappa shape index (κ3) is 4.00. The molecule has 4 nitrogen and oxygen atoms in total. The normalized spacial score (nSPS) is 12.3. The maximum atomic E-state index is 13.3. The van der Waals surface area contributed by atoms with Crippen LogP contribution < -0.4 is 4.74 Å². The molecule has 4 rings (SSSR count). The standard InChI is InChI=1S/C23H22N2O2/c26-23(21-11-6-9-19-13-16-27-22(19)21)25(17-20-10-4-5-14-24-20)15-12-18-7-2-1-3-8-18/h1-11,14H,12-13,15-17H2. The Bertz CT molecular complexity index is 910. The minimum Gasteiger partial charge on any atom is -0.492 e. The van der Waals surface area contributed by atoms with E-state index in [4.69, 9.17) is 4.74 Å². The van der Waals surface area contributed by atoms with Crippen LogP contribution in [0.25, 0.3) is 0 Å². The van der Waals surface area contributed by atoms with Crippen LogP contribution in [-0.2, 0) is 19.4 Å². The van der Waals surface area contributed by atoms with Crippen molar-refractivity contribution >= 4 is 5.91 Å².